The molecule has 6 aromatic rings. The van der Waals surface area contributed by atoms with Crippen LogP contribution in [0, 0.1) is 55.4 Å². The molecule has 0 aliphatic carbocycles. The molecule has 0 radical (unpaired) electrons. The van der Waals surface area contributed by atoms with Crippen molar-refractivity contribution >= 4 is 64.4 Å². The van der Waals surface area contributed by atoms with Gasteiger partial charge in [0.15, 0.2) is 5.78 Å². The Morgan fingerprint density at radius 3 is 1.01 bits per heavy atom. The largest absolute Gasteiger partial charge is 0.289 e. The van der Waals surface area contributed by atoms with Crippen LogP contribution in [-0.4, -0.2) is 76.9 Å². The lowest BCUT2D eigenvalue weighted by Gasteiger charge is -2.22. The molecule has 4 aliphatic rings. The zero-order valence-corrected chi connectivity index (χ0v) is 39.0. The summed E-state index contributed by atoms with van der Waals surface area (Å²) in [5.41, 5.74) is 12.9. The highest BCUT2D eigenvalue weighted by Gasteiger charge is 2.41. The van der Waals surface area contributed by atoms with Crippen molar-refractivity contribution in [1.29, 1.82) is 0 Å². The third-order valence-electron chi connectivity index (χ3n) is 13.9. The van der Waals surface area contributed by atoms with Gasteiger partial charge in [-0.3, -0.25) is 53.0 Å². The Morgan fingerprint density at radius 2 is 0.618 bits per heavy atom. The number of hydrogen-bond donors (Lipinski definition) is 0. The molecule has 0 atom stereocenters. The average molecular weight is 905 g/mol. The van der Waals surface area contributed by atoms with Crippen molar-refractivity contribution in [2.75, 3.05) is 23.9 Å². The minimum atomic E-state index is -0.481. The number of imide groups is 4. The van der Waals surface area contributed by atoms with Gasteiger partial charge in [-0.2, -0.15) is 0 Å². The second-order valence-corrected chi connectivity index (χ2v) is 17.8. The van der Waals surface area contributed by atoms with Crippen molar-refractivity contribution in [2.24, 2.45) is 0 Å². The van der Waals surface area contributed by atoms with E-state index in [2.05, 4.69) is 0 Å². The zero-order valence-electron chi connectivity index (χ0n) is 39.0. The van der Waals surface area contributed by atoms with E-state index < -0.39 is 29.4 Å². The van der Waals surface area contributed by atoms with E-state index in [0.29, 0.717) is 44.8 Å². The summed E-state index contributed by atoms with van der Waals surface area (Å²) < 4.78 is 0. The Morgan fingerprint density at radius 1 is 0.324 bits per heavy atom. The highest BCUT2D eigenvalue weighted by molar-refractivity contribution is 6.36. The quantitative estimate of drug-likeness (QED) is 0.121. The van der Waals surface area contributed by atoms with Gasteiger partial charge in [0.05, 0.1) is 55.9 Å². The van der Waals surface area contributed by atoms with Crippen LogP contribution in [0.3, 0.4) is 0 Å². The summed E-state index contributed by atoms with van der Waals surface area (Å²) in [6.07, 6.45) is 0. The normalized spacial score (nSPS) is 14.8. The molecular formula is C55H44N4O9. The molecule has 338 valence electrons. The molecule has 6 aromatic carbocycles. The van der Waals surface area contributed by atoms with Gasteiger partial charge >= 0.3 is 0 Å². The summed E-state index contributed by atoms with van der Waals surface area (Å²) in [4.78, 5) is 120. The summed E-state index contributed by atoms with van der Waals surface area (Å²) in [6.45, 7) is 15.5. The highest BCUT2D eigenvalue weighted by atomic mass is 16.2. The Balaban J connectivity index is 0.000000170. The standard InChI is InChI=1S/C28H22N2O5.C27H22N2O4/c1-13-10-14(2)23(16(4)15(13)3)30-27(34)20-9-7-18(12-22(20)28(30)35)24(31)17-6-8-19-21(11-17)26(33)29(5)25(19)32;1-13-10-14(2)23(16(4)15(13)3)29-26(32)20-9-7-18(12-22(20)27(29)33)17-6-8-19-21(11-17)25(31)28(5)24(19)30/h6-12H,1-5H3;6-12H,1-5H3. The summed E-state index contributed by atoms with van der Waals surface area (Å²) in [7, 11) is 2.84. The monoisotopic (exact) mass is 904 g/mol. The smallest absolute Gasteiger partial charge is 0.266 e. The van der Waals surface area contributed by atoms with Gasteiger partial charge in [-0.05, 0) is 160 Å². The maximum Gasteiger partial charge on any atom is 0.266 e. The van der Waals surface area contributed by atoms with Crippen LogP contribution in [0.5, 0.6) is 0 Å². The van der Waals surface area contributed by atoms with Crippen LogP contribution in [0.25, 0.3) is 11.1 Å². The van der Waals surface area contributed by atoms with E-state index >= 15 is 0 Å². The van der Waals surface area contributed by atoms with Gasteiger partial charge < -0.3 is 0 Å². The van der Waals surface area contributed by atoms with E-state index in [-0.39, 0.29) is 57.0 Å². The molecule has 13 heteroatoms. The third kappa shape index (κ3) is 6.56. The lowest BCUT2D eigenvalue weighted by Crippen LogP contribution is -2.31. The molecule has 10 rings (SSSR count). The van der Waals surface area contributed by atoms with Crippen molar-refractivity contribution in [3.63, 3.8) is 0 Å². The maximum atomic E-state index is 13.4. The third-order valence-corrected chi connectivity index (χ3v) is 13.9. The van der Waals surface area contributed by atoms with Crippen LogP contribution in [-0.2, 0) is 0 Å². The fraction of sp³-hybridized carbons (Fsp3) is 0.182. The Hall–Kier alpha value is -8.45. The summed E-state index contributed by atoms with van der Waals surface area (Å²) in [6, 6.07) is 22.9. The van der Waals surface area contributed by atoms with Crippen molar-refractivity contribution in [3.05, 3.63) is 185 Å². The summed E-state index contributed by atoms with van der Waals surface area (Å²) in [5.74, 6) is -3.59. The summed E-state index contributed by atoms with van der Waals surface area (Å²) in [5, 5.41) is 0. The van der Waals surface area contributed by atoms with E-state index in [1.165, 1.54) is 60.3 Å². The van der Waals surface area contributed by atoms with Crippen molar-refractivity contribution in [2.45, 2.75) is 55.4 Å². The van der Waals surface area contributed by atoms with Gasteiger partial charge in [0.25, 0.3) is 47.3 Å². The fourth-order valence-corrected chi connectivity index (χ4v) is 9.65. The van der Waals surface area contributed by atoms with Gasteiger partial charge in [0, 0.05) is 25.2 Å². The number of aryl methyl sites for hydroxylation is 4. The number of fused-ring (bicyclic) bond motifs is 4. The number of nitrogens with zero attached hydrogens (tertiary/aromatic N) is 4. The first-order valence-corrected chi connectivity index (χ1v) is 21.8. The number of carbonyl (C=O) groups is 9. The van der Waals surface area contributed by atoms with Gasteiger partial charge in [-0.15, -0.1) is 0 Å². The van der Waals surface area contributed by atoms with Gasteiger partial charge in [-0.1, -0.05) is 36.4 Å². The number of amides is 8. The molecule has 0 N–H and O–H groups in total. The Kier molecular flexibility index (Phi) is 10.4. The number of carbonyl (C=O) groups excluding carboxylic acids is 9. The van der Waals surface area contributed by atoms with Crippen LogP contribution in [0.15, 0.2) is 84.9 Å². The molecule has 0 bridgehead atoms. The molecule has 0 saturated carbocycles. The SMILES string of the molecule is Cc1cc(C)c(N2C(=O)c3ccc(-c4ccc5c(c4)C(=O)N(C)C5=O)cc3C2=O)c(C)c1C.Cc1cc(C)c(N2C(=O)c3ccc(C(=O)c4ccc5c(c4)C(=O)N(C)C5=O)cc3C2=O)c(C)c1C. The van der Waals surface area contributed by atoms with E-state index in [1.807, 2.05) is 67.5 Å². The molecule has 13 nitrogen and oxygen atoms in total. The predicted molar refractivity (Wildman–Crippen MR) is 254 cm³/mol. The molecule has 0 saturated heterocycles. The molecular weight excluding hydrogens is 861 g/mol. The van der Waals surface area contributed by atoms with Crippen LogP contribution < -0.4 is 9.80 Å². The average Bonchev–Trinajstić information content (AvgIpc) is 3.89. The molecule has 8 amide bonds. The van der Waals surface area contributed by atoms with Gasteiger partial charge in [0.1, 0.15) is 0 Å². The first kappa shape index (κ1) is 44.7. The number of rotatable bonds is 5. The first-order chi connectivity index (χ1) is 32.1. The zero-order chi connectivity index (χ0) is 49.1. The molecule has 4 aliphatic heterocycles. The van der Waals surface area contributed by atoms with Gasteiger partial charge in [-0.25, -0.2) is 9.80 Å². The molecule has 4 heterocycles. The van der Waals surface area contributed by atoms with E-state index in [0.717, 1.165) is 54.3 Å². The topological polar surface area (TPSA) is 167 Å². The predicted octanol–water partition coefficient (Wildman–Crippen LogP) is 8.79. The van der Waals surface area contributed by atoms with Crippen LogP contribution >= 0.6 is 0 Å². The lowest BCUT2D eigenvalue weighted by molar-refractivity contribution is 0.0677. The minimum Gasteiger partial charge on any atom is -0.289 e. The van der Waals surface area contributed by atoms with Crippen molar-refractivity contribution in [3.8, 4) is 11.1 Å². The van der Waals surface area contributed by atoms with Crippen LogP contribution in [0.1, 0.15) is 143 Å². The van der Waals surface area contributed by atoms with E-state index in [4.69, 9.17) is 0 Å². The fourth-order valence-electron chi connectivity index (χ4n) is 9.65. The van der Waals surface area contributed by atoms with Crippen LogP contribution in [0.4, 0.5) is 11.4 Å². The number of benzene rings is 6. The molecule has 0 spiro atoms. The molecule has 0 unspecified atom stereocenters. The molecule has 0 aromatic heterocycles. The molecule has 68 heavy (non-hydrogen) atoms. The van der Waals surface area contributed by atoms with E-state index in [1.54, 1.807) is 36.4 Å². The van der Waals surface area contributed by atoms with E-state index in [9.17, 15) is 43.2 Å². The Labute approximate surface area is 391 Å². The number of ketones is 1. The molecule has 0 fully saturated rings. The second kappa shape index (κ2) is 15.9. The maximum absolute atomic E-state index is 13.4. The van der Waals surface area contributed by atoms with Gasteiger partial charge in [0.2, 0.25) is 0 Å². The number of hydrogen-bond acceptors (Lipinski definition) is 9. The highest BCUT2D eigenvalue weighted by Crippen LogP contribution is 2.39. The van der Waals surface area contributed by atoms with Crippen molar-refractivity contribution < 1.29 is 43.2 Å². The minimum absolute atomic E-state index is 0.157. The lowest BCUT2D eigenvalue weighted by atomic mass is 9.96. The number of anilines is 2. The second-order valence-electron chi connectivity index (χ2n) is 17.8. The first-order valence-electron chi connectivity index (χ1n) is 21.8. The summed E-state index contributed by atoms with van der Waals surface area (Å²) >= 11 is 0. The van der Waals surface area contributed by atoms with Crippen LogP contribution in [0.2, 0.25) is 0 Å². The van der Waals surface area contributed by atoms with Crippen molar-refractivity contribution in [1.82, 2.24) is 9.80 Å². The Bertz CT molecular complexity index is 3450.